The van der Waals surface area contributed by atoms with Gasteiger partial charge in [-0.25, -0.2) is 9.36 Å². The normalized spacial score (nSPS) is 20.0. The zero-order chi connectivity index (χ0) is 35.9. The van der Waals surface area contributed by atoms with Crippen molar-refractivity contribution in [3.63, 3.8) is 0 Å². The average molecular weight is 711 g/mol. The topological polar surface area (TPSA) is 227 Å². The molecule has 3 rings (SSSR count). The summed E-state index contributed by atoms with van der Waals surface area (Å²) in [6, 6.07) is 4.54. The Kier molecular flexibility index (Phi) is 13.3. The fraction of sp³-hybridized carbons (Fsp3) is 0.600. The van der Waals surface area contributed by atoms with Gasteiger partial charge in [0, 0.05) is 34.3 Å². The van der Waals surface area contributed by atoms with Crippen LogP contribution in [-0.2, 0) is 39.1 Å². The number of esters is 1. The molecule has 264 valence electrons. The first kappa shape index (κ1) is 39.0. The molecule has 5 atom stereocenters. The summed E-state index contributed by atoms with van der Waals surface area (Å²) in [5, 5.41) is 3.67. The second-order valence-corrected chi connectivity index (χ2v) is 15.8. The number of azide groups is 1. The third kappa shape index (κ3) is 11.6. The number of ether oxygens (including phenoxy) is 2. The summed E-state index contributed by atoms with van der Waals surface area (Å²) in [6.45, 7) is 11.5. The number of aromatic amines is 1. The molecule has 48 heavy (non-hydrogen) atoms. The molecule has 1 fully saturated rings. The predicted octanol–water partition coefficient (Wildman–Crippen LogP) is 4.55. The molecule has 0 bridgehead atoms. The highest BCUT2D eigenvalue weighted by Crippen LogP contribution is 2.50. The highest BCUT2D eigenvalue weighted by Gasteiger charge is 2.40. The standard InChI is InChI=1S/C30H43N6O10PS/c1-18-16-36(28(40)33-25(18)37)24-15-22(34-35-32)23(44-24)17-43-47(41,42-12-13-48-27(39)29(2,3)4)46-20-10-8-19(9-11-20)14-21(31)26(38)45-30(5,6)7/h8-11,16,21-24H,12-15,17,31H2,1-7H3,(H,33,37,40)/t21-,22?,23?,24?,47?/m0/s1. The summed E-state index contributed by atoms with van der Waals surface area (Å²) in [6.07, 6.45) is -0.317. The van der Waals surface area contributed by atoms with Gasteiger partial charge in [-0.05, 0) is 57.3 Å². The molecule has 3 N–H and O–H groups in total. The monoisotopic (exact) mass is 710 g/mol. The van der Waals surface area contributed by atoms with Gasteiger partial charge in [-0.1, -0.05) is 49.8 Å². The maximum absolute atomic E-state index is 13.9. The fourth-order valence-electron chi connectivity index (χ4n) is 4.31. The van der Waals surface area contributed by atoms with E-state index in [1.54, 1.807) is 53.7 Å². The fourth-order valence-corrected chi connectivity index (χ4v) is 6.42. The first-order valence-corrected chi connectivity index (χ1v) is 17.6. The number of H-pyrrole nitrogens is 1. The Morgan fingerprint density at radius 2 is 1.85 bits per heavy atom. The molecule has 0 amide bonds. The van der Waals surface area contributed by atoms with Crippen LogP contribution in [0.15, 0.2) is 45.2 Å². The minimum atomic E-state index is -4.39. The number of nitrogens with one attached hydrogen (secondary N) is 1. The van der Waals surface area contributed by atoms with Gasteiger partial charge in [-0.3, -0.25) is 33.0 Å². The lowest BCUT2D eigenvalue weighted by Crippen LogP contribution is -2.38. The van der Waals surface area contributed by atoms with Crippen LogP contribution in [0, 0.1) is 12.3 Å². The van der Waals surface area contributed by atoms with Gasteiger partial charge < -0.3 is 19.7 Å². The molecule has 0 spiro atoms. The second-order valence-electron chi connectivity index (χ2n) is 13.2. The number of aryl methyl sites for hydroxylation is 1. The van der Waals surface area contributed by atoms with E-state index < -0.39 is 67.1 Å². The Morgan fingerprint density at radius 1 is 1.19 bits per heavy atom. The van der Waals surface area contributed by atoms with Crippen molar-refractivity contribution in [1.82, 2.24) is 9.55 Å². The van der Waals surface area contributed by atoms with Crippen molar-refractivity contribution in [1.29, 1.82) is 0 Å². The number of nitrogens with zero attached hydrogens (tertiary/aromatic N) is 4. The van der Waals surface area contributed by atoms with Crippen molar-refractivity contribution in [3.8, 4) is 5.75 Å². The Balaban J connectivity index is 1.75. The zero-order valence-corrected chi connectivity index (χ0v) is 29.7. The Labute approximate surface area is 282 Å². The predicted molar refractivity (Wildman–Crippen MR) is 179 cm³/mol. The number of aromatic nitrogens is 2. The first-order chi connectivity index (χ1) is 22.3. The van der Waals surface area contributed by atoms with Crippen molar-refractivity contribution in [3.05, 3.63) is 72.9 Å². The highest BCUT2D eigenvalue weighted by atomic mass is 32.2. The molecule has 16 nitrogen and oxygen atoms in total. The van der Waals surface area contributed by atoms with E-state index in [4.69, 9.17) is 34.3 Å². The van der Waals surface area contributed by atoms with E-state index in [-0.39, 0.29) is 41.6 Å². The minimum absolute atomic E-state index is 0.0634. The number of hydrogen-bond acceptors (Lipinski definition) is 13. The van der Waals surface area contributed by atoms with Gasteiger partial charge >= 0.3 is 19.5 Å². The van der Waals surface area contributed by atoms with Crippen molar-refractivity contribution in [2.24, 2.45) is 16.3 Å². The average Bonchev–Trinajstić information content (AvgIpc) is 3.38. The Bertz CT molecular complexity index is 1660. The summed E-state index contributed by atoms with van der Waals surface area (Å²) in [4.78, 5) is 54.0. The van der Waals surface area contributed by atoms with Crippen LogP contribution >= 0.6 is 19.6 Å². The van der Waals surface area contributed by atoms with Crippen molar-refractivity contribution < 1.29 is 37.2 Å². The number of hydrogen-bond donors (Lipinski definition) is 2. The molecule has 0 saturated carbocycles. The van der Waals surface area contributed by atoms with Crippen LogP contribution in [0.1, 0.15) is 65.3 Å². The van der Waals surface area contributed by atoms with Crippen LogP contribution in [0.25, 0.3) is 10.4 Å². The lowest BCUT2D eigenvalue weighted by molar-refractivity contribution is -0.156. The molecule has 18 heteroatoms. The molecule has 1 saturated heterocycles. The number of nitrogens with two attached hydrogens (primary N) is 1. The largest absolute Gasteiger partial charge is 0.530 e. The lowest BCUT2D eigenvalue weighted by Gasteiger charge is -2.23. The van der Waals surface area contributed by atoms with Gasteiger partial charge in [0.1, 0.15) is 23.6 Å². The summed E-state index contributed by atoms with van der Waals surface area (Å²) >= 11 is 1.01. The molecule has 1 aliphatic heterocycles. The minimum Gasteiger partial charge on any atom is -0.459 e. The summed E-state index contributed by atoms with van der Waals surface area (Å²) in [5.74, 6) is -0.280. The van der Waals surface area contributed by atoms with E-state index in [1.165, 1.54) is 29.8 Å². The molecule has 1 aromatic heterocycles. The maximum Gasteiger partial charge on any atom is 0.530 e. The molecule has 2 aromatic rings. The highest BCUT2D eigenvalue weighted by molar-refractivity contribution is 8.13. The molecule has 0 aliphatic carbocycles. The summed E-state index contributed by atoms with van der Waals surface area (Å²) < 4.78 is 43.3. The second kappa shape index (κ2) is 16.3. The van der Waals surface area contributed by atoms with Gasteiger partial charge in [-0.15, -0.1) is 0 Å². The van der Waals surface area contributed by atoms with Gasteiger partial charge in [0.2, 0.25) is 0 Å². The number of carbonyl (C=O) groups excluding carboxylic acids is 2. The van der Waals surface area contributed by atoms with Crippen LogP contribution in [0.5, 0.6) is 5.75 Å². The van der Waals surface area contributed by atoms with Crippen molar-refractivity contribution >= 4 is 30.7 Å². The molecule has 2 heterocycles. The Morgan fingerprint density at radius 3 is 2.46 bits per heavy atom. The van der Waals surface area contributed by atoms with Crippen LogP contribution < -0.4 is 21.5 Å². The van der Waals surface area contributed by atoms with E-state index in [0.717, 1.165) is 11.8 Å². The lowest BCUT2D eigenvalue weighted by atomic mass is 10.00. The molecule has 0 radical (unpaired) electrons. The Hall–Kier alpha value is -3.43. The van der Waals surface area contributed by atoms with Gasteiger partial charge in [-0.2, -0.15) is 0 Å². The smallest absolute Gasteiger partial charge is 0.459 e. The number of benzene rings is 1. The number of carbonyl (C=O) groups is 2. The first-order valence-electron chi connectivity index (χ1n) is 15.2. The van der Waals surface area contributed by atoms with E-state index in [2.05, 4.69) is 15.0 Å². The molecule has 4 unspecified atom stereocenters. The number of phosphoric ester groups is 1. The van der Waals surface area contributed by atoms with E-state index >= 15 is 0 Å². The van der Waals surface area contributed by atoms with Crippen LogP contribution in [0.4, 0.5) is 0 Å². The van der Waals surface area contributed by atoms with E-state index in [1.807, 2.05) is 0 Å². The number of rotatable bonds is 14. The van der Waals surface area contributed by atoms with Crippen molar-refractivity contribution in [2.75, 3.05) is 19.0 Å². The van der Waals surface area contributed by atoms with Crippen LogP contribution in [0.3, 0.4) is 0 Å². The van der Waals surface area contributed by atoms with Gasteiger partial charge in [0.05, 0.1) is 25.4 Å². The number of phosphoric acid groups is 1. The van der Waals surface area contributed by atoms with Crippen LogP contribution in [0.2, 0.25) is 0 Å². The van der Waals surface area contributed by atoms with Gasteiger partial charge in [0.15, 0.2) is 5.12 Å². The summed E-state index contributed by atoms with van der Waals surface area (Å²) in [5.41, 5.74) is 13.6. The van der Waals surface area contributed by atoms with Gasteiger partial charge in [0.25, 0.3) is 5.56 Å². The van der Waals surface area contributed by atoms with E-state index in [9.17, 15) is 23.7 Å². The van der Waals surface area contributed by atoms with Crippen LogP contribution in [-0.4, -0.2) is 63.4 Å². The summed E-state index contributed by atoms with van der Waals surface area (Å²) in [7, 11) is -4.39. The zero-order valence-electron chi connectivity index (χ0n) is 28.0. The molecular weight excluding hydrogens is 667 g/mol. The van der Waals surface area contributed by atoms with Crippen molar-refractivity contribution in [2.45, 2.75) is 91.3 Å². The number of thioether (sulfide) groups is 1. The third-order valence-corrected chi connectivity index (χ3v) is 9.39. The molecule has 1 aromatic carbocycles. The maximum atomic E-state index is 13.9. The van der Waals surface area contributed by atoms with E-state index in [0.29, 0.717) is 5.56 Å². The molecular formula is C30H43N6O10PS. The third-order valence-electron chi connectivity index (χ3n) is 6.74. The molecule has 1 aliphatic rings. The quantitative estimate of drug-likeness (QED) is 0.0687. The SMILES string of the molecule is Cc1cn(C2CC(N=[N+]=[N-])C(COP(=O)(OCCSC(=O)C(C)(C)C)Oc3ccc(C[C@H](N)C(=O)OC(C)(C)C)cc3)O2)c(=O)[nH]c1=O.